The molecule has 2 rings (SSSR count). The molecule has 1 aromatic carbocycles. The van der Waals surface area contributed by atoms with Gasteiger partial charge < -0.3 is 0 Å². The van der Waals surface area contributed by atoms with Gasteiger partial charge in [-0.25, -0.2) is 0 Å². The maximum atomic E-state index is 12.8. The van der Waals surface area contributed by atoms with Crippen molar-refractivity contribution in [3.63, 3.8) is 0 Å². The van der Waals surface area contributed by atoms with Crippen molar-refractivity contribution in [1.29, 1.82) is 0 Å². The van der Waals surface area contributed by atoms with Crippen LogP contribution in [0.3, 0.4) is 0 Å². The van der Waals surface area contributed by atoms with Gasteiger partial charge in [0.15, 0.2) is 0 Å². The largest absolute Gasteiger partial charge is 0.272 e. The van der Waals surface area contributed by atoms with Crippen molar-refractivity contribution in [2.24, 2.45) is 0 Å². The second kappa shape index (κ2) is 7.68. The molecule has 126 valence electrons. The zero-order valence-corrected chi connectivity index (χ0v) is 13.4. The first kappa shape index (κ1) is 17.6. The van der Waals surface area contributed by atoms with Crippen molar-refractivity contribution < 1.29 is 14.5 Å². The maximum Gasteiger partial charge on any atom is 0.269 e. The highest BCUT2D eigenvalue weighted by molar-refractivity contribution is 6.24. The second-order valence-electron chi connectivity index (χ2n) is 5.79. The summed E-state index contributed by atoms with van der Waals surface area (Å²) in [7, 11) is 0. The van der Waals surface area contributed by atoms with Crippen LogP contribution in [0.4, 0.5) is 5.69 Å². The minimum absolute atomic E-state index is 0.0645. The molecule has 1 aliphatic rings. The summed E-state index contributed by atoms with van der Waals surface area (Å²) in [5.41, 5.74) is 0.541. The van der Waals surface area contributed by atoms with Crippen LogP contribution < -0.4 is 0 Å². The van der Waals surface area contributed by atoms with Gasteiger partial charge in [-0.2, -0.15) is 0 Å². The summed E-state index contributed by atoms with van der Waals surface area (Å²) in [6.07, 6.45) is 5.74. The third kappa shape index (κ3) is 3.76. The number of benzene rings is 1. The highest BCUT2D eigenvalue weighted by atomic mass is 16.6. The number of imide groups is 1. The molecule has 0 heterocycles. The van der Waals surface area contributed by atoms with Gasteiger partial charge in [0.05, 0.1) is 4.92 Å². The fraction of sp³-hybridized carbons (Fsp3) is 0.333. The number of nitro benzene ring substituents is 1. The lowest BCUT2D eigenvalue weighted by Crippen LogP contribution is -2.45. The Balaban J connectivity index is 2.24. The number of nitro groups is 1. The van der Waals surface area contributed by atoms with Crippen LogP contribution in [0.15, 0.2) is 43.5 Å². The highest BCUT2D eigenvalue weighted by Gasteiger charge is 2.31. The summed E-state index contributed by atoms with van der Waals surface area (Å²) < 4.78 is 0. The van der Waals surface area contributed by atoms with E-state index in [1.165, 1.54) is 29.2 Å². The molecule has 6 nitrogen and oxygen atoms in total. The third-order valence-corrected chi connectivity index (χ3v) is 4.26. The zero-order valence-electron chi connectivity index (χ0n) is 13.4. The Hall–Kier alpha value is -2.76. The molecule has 1 fully saturated rings. The molecule has 0 aromatic heterocycles. The van der Waals surface area contributed by atoms with Crippen LogP contribution in [0.5, 0.6) is 0 Å². The first-order valence-electron chi connectivity index (χ1n) is 7.89. The molecule has 0 spiro atoms. The van der Waals surface area contributed by atoms with E-state index >= 15 is 0 Å². The van der Waals surface area contributed by atoms with Crippen LogP contribution in [0.1, 0.15) is 37.7 Å². The van der Waals surface area contributed by atoms with Gasteiger partial charge in [0.2, 0.25) is 0 Å². The van der Waals surface area contributed by atoms with Gasteiger partial charge in [-0.3, -0.25) is 24.6 Å². The van der Waals surface area contributed by atoms with Crippen LogP contribution >= 0.6 is 0 Å². The predicted molar refractivity (Wildman–Crippen MR) is 91.1 cm³/mol. The van der Waals surface area contributed by atoms with Gasteiger partial charge in [0.1, 0.15) is 0 Å². The number of rotatable bonds is 5. The predicted octanol–water partition coefficient (Wildman–Crippen LogP) is 3.48. The van der Waals surface area contributed by atoms with E-state index in [1.807, 2.05) is 0 Å². The minimum atomic E-state index is -0.510. The number of non-ortho nitro benzene ring substituents is 1. The van der Waals surface area contributed by atoms with Crippen LogP contribution in [0, 0.1) is 10.1 Å². The zero-order chi connectivity index (χ0) is 17.7. The van der Waals surface area contributed by atoms with E-state index in [-0.39, 0.29) is 17.3 Å². The Morgan fingerprint density at radius 2 is 1.75 bits per heavy atom. The van der Waals surface area contributed by atoms with Gasteiger partial charge in [0, 0.05) is 23.7 Å². The topological polar surface area (TPSA) is 80.5 Å². The standard InChI is InChI=1S/C18H20N2O4/c1-3-17(21)19(15-7-5-4-6-8-15)18(22)13(2)14-9-11-16(12-10-14)20(23)24/h3,9-12,15H,1-2,4-8H2. The first-order valence-corrected chi connectivity index (χ1v) is 7.89. The van der Waals surface area contributed by atoms with Crippen molar-refractivity contribution in [1.82, 2.24) is 4.90 Å². The normalized spacial score (nSPS) is 14.7. The summed E-state index contributed by atoms with van der Waals surface area (Å²) in [4.78, 5) is 36.4. The molecule has 1 saturated carbocycles. The summed E-state index contributed by atoms with van der Waals surface area (Å²) >= 11 is 0. The number of nitrogens with zero attached hydrogens (tertiary/aromatic N) is 2. The lowest BCUT2D eigenvalue weighted by atomic mass is 9.93. The van der Waals surface area contributed by atoms with E-state index in [0.29, 0.717) is 5.56 Å². The quantitative estimate of drug-likeness (QED) is 0.471. The van der Waals surface area contributed by atoms with Crippen LogP contribution in [0.25, 0.3) is 5.57 Å². The molecule has 1 aromatic rings. The fourth-order valence-corrected chi connectivity index (χ4v) is 2.94. The number of amides is 2. The Kier molecular flexibility index (Phi) is 5.63. The van der Waals surface area contributed by atoms with E-state index < -0.39 is 16.7 Å². The molecule has 24 heavy (non-hydrogen) atoms. The van der Waals surface area contributed by atoms with Crippen molar-refractivity contribution >= 4 is 23.1 Å². The summed E-state index contributed by atoms with van der Waals surface area (Å²) in [6.45, 7) is 7.26. The van der Waals surface area contributed by atoms with E-state index in [2.05, 4.69) is 13.2 Å². The Bertz CT molecular complexity index is 673. The highest BCUT2D eigenvalue weighted by Crippen LogP contribution is 2.26. The molecule has 0 radical (unpaired) electrons. The monoisotopic (exact) mass is 328 g/mol. The molecule has 0 aliphatic heterocycles. The van der Waals surface area contributed by atoms with Crippen molar-refractivity contribution in [2.75, 3.05) is 0 Å². The van der Waals surface area contributed by atoms with E-state index in [0.717, 1.165) is 38.2 Å². The molecular weight excluding hydrogens is 308 g/mol. The van der Waals surface area contributed by atoms with Gasteiger partial charge in [-0.15, -0.1) is 0 Å². The number of carbonyl (C=O) groups is 2. The average Bonchev–Trinajstić information content (AvgIpc) is 2.62. The summed E-state index contributed by atoms with van der Waals surface area (Å²) in [5, 5.41) is 10.7. The van der Waals surface area contributed by atoms with Gasteiger partial charge >= 0.3 is 0 Å². The van der Waals surface area contributed by atoms with E-state index in [1.54, 1.807) is 0 Å². The van der Waals surface area contributed by atoms with E-state index in [9.17, 15) is 19.7 Å². The summed E-state index contributed by atoms with van der Waals surface area (Å²) in [5.74, 6) is -0.907. The number of carbonyl (C=O) groups excluding carboxylic acids is 2. The number of hydrogen-bond acceptors (Lipinski definition) is 4. The molecule has 0 saturated heterocycles. The Morgan fingerprint density at radius 1 is 1.17 bits per heavy atom. The Morgan fingerprint density at radius 3 is 2.25 bits per heavy atom. The molecule has 0 unspecified atom stereocenters. The third-order valence-electron chi connectivity index (χ3n) is 4.26. The lowest BCUT2D eigenvalue weighted by Gasteiger charge is -2.32. The van der Waals surface area contributed by atoms with Crippen molar-refractivity contribution in [2.45, 2.75) is 38.1 Å². The molecule has 0 atom stereocenters. The smallest absolute Gasteiger partial charge is 0.269 e. The fourth-order valence-electron chi connectivity index (χ4n) is 2.94. The van der Waals surface area contributed by atoms with Gasteiger partial charge in [-0.1, -0.05) is 32.4 Å². The summed E-state index contributed by atoms with van der Waals surface area (Å²) in [6, 6.07) is 5.42. The lowest BCUT2D eigenvalue weighted by molar-refractivity contribution is -0.384. The molecular formula is C18H20N2O4. The van der Waals surface area contributed by atoms with Crippen LogP contribution in [-0.4, -0.2) is 27.7 Å². The van der Waals surface area contributed by atoms with E-state index in [4.69, 9.17) is 0 Å². The van der Waals surface area contributed by atoms with Crippen molar-refractivity contribution in [3.8, 4) is 0 Å². The van der Waals surface area contributed by atoms with Crippen LogP contribution in [-0.2, 0) is 9.59 Å². The Labute approximate surface area is 140 Å². The maximum absolute atomic E-state index is 12.8. The van der Waals surface area contributed by atoms with Gasteiger partial charge in [-0.05, 0) is 36.6 Å². The SMILES string of the molecule is C=CC(=O)N(C(=O)C(=C)c1ccc([N+](=O)[O-])cc1)C1CCCCC1. The second-order valence-corrected chi connectivity index (χ2v) is 5.79. The molecule has 0 bridgehead atoms. The molecule has 6 heteroatoms. The number of hydrogen-bond donors (Lipinski definition) is 0. The van der Waals surface area contributed by atoms with Crippen molar-refractivity contribution in [3.05, 3.63) is 59.2 Å². The average molecular weight is 328 g/mol. The first-order chi connectivity index (χ1) is 11.5. The molecule has 1 aliphatic carbocycles. The van der Waals surface area contributed by atoms with Crippen LogP contribution in [0.2, 0.25) is 0 Å². The minimum Gasteiger partial charge on any atom is -0.272 e. The van der Waals surface area contributed by atoms with Gasteiger partial charge in [0.25, 0.3) is 17.5 Å². The molecule has 0 N–H and O–H groups in total. The molecule has 2 amide bonds.